The van der Waals surface area contributed by atoms with Gasteiger partial charge < -0.3 is 19.9 Å². The Morgan fingerprint density at radius 2 is 1.90 bits per heavy atom. The second kappa shape index (κ2) is 9.96. The Balaban J connectivity index is 1.41. The number of fused-ring (bicyclic) bond motifs is 2. The molecule has 5 heterocycles. The van der Waals surface area contributed by atoms with Crippen LogP contribution in [0.15, 0.2) is 48.9 Å². The Labute approximate surface area is 244 Å². The van der Waals surface area contributed by atoms with Gasteiger partial charge >= 0.3 is 0 Å². The SMILES string of the molecule is COc1cc(Cl)ccc1-c1cc2c(-c3nc(N(C)C4CCNCC4(C)C)c4c(C5CC5)cncc4n3)ccnc2[nH]1. The number of piperidine rings is 1. The minimum atomic E-state index is 0.0916. The lowest BCUT2D eigenvalue weighted by Gasteiger charge is -2.45. The number of ether oxygens (including phenoxy) is 1. The van der Waals surface area contributed by atoms with E-state index in [-0.39, 0.29) is 5.41 Å². The van der Waals surface area contributed by atoms with Crippen molar-refractivity contribution >= 4 is 39.4 Å². The molecule has 1 aliphatic carbocycles. The van der Waals surface area contributed by atoms with Crippen LogP contribution in [0.25, 0.3) is 44.6 Å². The van der Waals surface area contributed by atoms with Crippen LogP contribution in [0, 0.1) is 5.41 Å². The number of aromatic nitrogens is 5. The van der Waals surface area contributed by atoms with Crippen molar-refractivity contribution in [3.63, 3.8) is 0 Å². The van der Waals surface area contributed by atoms with E-state index in [1.165, 1.54) is 18.4 Å². The maximum atomic E-state index is 6.23. The summed E-state index contributed by atoms with van der Waals surface area (Å²) in [7, 11) is 3.85. The monoisotopic (exact) mass is 567 g/mol. The molecule has 7 rings (SSSR count). The van der Waals surface area contributed by atoms with Gasteiger partial charge in [-0.3, -0.25) is 4.98 Å². The number of aromatic amines is 1. The predicted octanol–water partition coefficient (Wildman–Crippen LogP) is 6.60. The lowest BCUT2D eigenvalue weighted by Crippen LogP contribution is -2.53. The number of hydrogen-bond acceptors (Lipinski definition) is 7. The lowest BCUT2D eigenvalue weighted by atomic mass is 9.79. The van der Waals surface area contributed by atoms with Gasteiger partial charge in [-0.25, -0.2) is 15.0 Å². The van der Waals surface area contributed by atoms with Crippen LogP contribution >= 0.6 is 11.6 Å². The molecule has 1 aromatic carbocycles. The first-order chi connectivity index (χ1) is 19.8. The number of nitrogens with one attached hydrogen (secondary N) is 2. The molecule has 1 unspecified atom stereocenters. The van der Waals surface area contributed by atoms with Gasteiger partial charge in [0.1, 0.15) is 17.2 Å². The van der Waals surface area contributed by atoms with Gasteiger partial charge in [0.15, 0.2) is 5.82 Å². The molecule has 2 aliphatic rings. The van der Waals surface area contributed by atoms with Crippen molar-refractivity contribution in [2.75, 3.05) is 32.1 Å². The smallest absolute Gasteiger partial charge is 0.163 e. The van der Waals surface area contributed by atoms with E-state index < -0.39 is 0 Å². The van der Waals surface area contributed by atoms with Crippen LogP contribution in [0.5, 0.6) is 5.75 Å². The van der Waals surface area contributed by atoms with E-state index in [1.54, 1.807) is 7.11 Å². The molecule has 1 saturated heterocycles. The highest BCUT2D eigenvalue weighted by atomic mass is 35.5. The number of nitrogens with zero attached hydrogens (tertiary/aromatic N) is 5. The standard InChI is InChI=1S/C32H34ClN7O/c1-32(2)17-34-11-10-27(32)40(3)31-28-23(18-5-6-18)15-35-16-25(28)38-30(39-31)20-9-12-36-29-22(20)14-24(37-29)21-8-7-19(33)13-26(21)41-4/h7-9,12-16,18,27,34H,5-6,10-11,17H2,1-4H3,(H,36,37). The van der Waals surface area contributed by atoms with Gasteiger partial charge in [0.05, 0.1) is 24.5 Å². The van der Waals surface area contributed by atoms with Gasteiger partial charge in [0.2, 0.25) is 0 Å². The van der Waals surface area contributed by atoms with Crippen molar-refractivity contribution in [1.29, 1.82) is 0 Å². The fourth-order valence-corrected chi connectivity index (χ4v) is 6.61. The summed E-state index contributed by atoms with van der Waals surface area (Å²) < 4.78 is 5.63. The second-order valence-electron chi connectivity index (χ2n) is 12.0. The molecule has 0 amide bonds. The van der Waals surface area contributed by atoms with Crippen LogP contribution in [0.2, 0.25) is 5.02 Å². The molecule has 1 aliphatic heterocycles. The molecule has 4 aromatic heterocycles. The van der Waals surface area contributed by atoms with E-state index in [0.29, 0.717) is 28.6 Å². The molecule has 1 saturated carbocycles. The first-order valence-electron chi connectivity index (χ1n) is 14.3. The maximum Gasteiger partial charge on any atom is 0.163 e. The summed E-state index contributed by atoms with van der Waals surface area (Å²) in [5.41, 5.74) is 5.72. The number of rotatable bonds is 6. The Morgan fingerprint density at radius 1 is 1.05 bits per heavy atom. The first-order valence-corrected chi connectivity index (χ1v) is 14.6. The van der Waals surface area contributed by atoms with Crippen molar-refractivity contribution in [2.45, 2.75) is 45.1 Å². The van der Waals surface area contributed by atoms with Crippen LogP contribution in [0.3, 0.4) is 0 Å². The second-order valence-corrected chi connectivity index (χ2v) is 12.4. The summed E-state index contributed by atoms with van der Waals surface area (Å²) >= 11 is 6.23. The summed E-state index contributed by atoms with van der Waals surface area (Å²) in [6, 6.07) is 10.1. The zero-order valence-corrected chi connectivity index (χ0v) is 24.6. The van der Waals surface area contributed by atoms with Crippen molar-refractivity contribution in [1.82, 2.24) is 30.2 Å². The van der Waals surface area contributed by atoms with Crippen molar-refractivity contribution in [3.8, 4) is 28.4 Å². The molecule has 0 bridgehead atoms. The summed E-state index contributed by atoms with van der Waals surface area (Å²) in [6.45, 7) is 6.65. The molecule has 2 N–H and O–H groups in total. The maximum absolute atomic E-state index is 6.23. The van der Waals surface area contributed by atoms with Gasteiger partial charge in [0.25, 0.3) is 0 Å². The van der Waals surface area contributed by atoms with Crippen molar-refractivity contribution < 1.29 is 4.74 Å². The van der Waals surface area contributed by atoms with Gasteiger partial charge in [-0.1, -0.05) is 25.4 Å². The van der Waals surface area contributed by atoms with Crippen LogP contribution < -0.4 is 15.0 Å². The summed E-state index contributed by atoms with van der Waals surface area (Å²) in [5.74, 6) is 2.87. The zero-order valence-electron chi connectivity index (χ0n) is 23.8. The normalized spacial score (nSPS) is 18.6. The predicted molar refractivity (Wildman–Crippen MR) is 165 cm³/mol. The number of H-pyrrole nitrogens is 1. The quantitative estimate of drug-likeness (QED) is 0.239. The summed E-state index contributed by atoms with van der Waals surface area (Å²) in [5, 5.41) is 6.28. The molecule has 210 valence electrons. The number of hydrogen-bond donors (Lipinski definition) is 2. The zero-order chi connectivity index (χ0) is 28.3. The fourth-order valence-electron chi connectivity index (χ4n) is 6.45. The number of anilines is 1. The van der Waals surface area contributed by atoms with Crippen LogP contribution in [0.1, 0.15) is 44.6 Å². The van der Waals surface area contributed by atoms with E-state index in [0.717, 1.165) is 64.1 Å². The Morgan fingerprint density at radius 3 is 2.68 bits per heavy atom. The highest BCUT2D eigenvalue weighted by molar-refractivity contribution is 6.30. The molecule has 5 aromatic rings. The summed E-state index contributed by atoms with van der Waals surface area (Å²) in [6.07, 6.45) is 9.15. The van der Waals surface area contributed by atoms with Gasteiger partial charge in [-0.15, -0.1) is 0 Å². The van der Waals surface area contributed by atoms with Gasteiger partial charge in [-0.2, -0.15) is 0 Å². The number of benzene rings is 1. The van der Waals surface area contributed by atoms with Crippen LogP contribution in [-0.4, -0.2) is 58.2 Å². The average molecular weight is 568 g/mol. The molecular formula is C32H34ClN7O. The third-order valence-electron chi connectivity index (χ3n) is 8.74. The van der Waals surface area contributed by atoms with E-state index in [2.05, 4.69) is 52.1 Å². The molecule has 0 spiro atoms. The van der Waals surface area contributed by atoms with E-state index in [1.807, 2.05) is 42.9 Å². The Bertz CT molecular complexity index is 1780. The number of methoxy groups -OCH3 is 1. The fraction of sp³-hybridized carbons (Fsp3) is 0.375. The largest absolute Gasteiger partial charge is 0.496 e. The number of halogens is 1. The molecule has 2 fully saturated rings. The highest BCUT2D eigenvalue weighted by Crippen LogP contribution is 2.46. The topological polar surface area (TPSA) is 91.8 Å². The van der Waals surface area contributed by atoms with Crippen molar-refractivity contribution in [3.05, 3.63) is 59.5 Å². The molecule has 9 heteroatoms. The summed E-state index contributed by atoms with van der Waals surface area (Å²) in [4.78, 5) is 25.6. The first kappa shape index (κ1) is 26.2. The van der Waals surface area contributed by atoms with Gasteiger partial charge in [0, 0.05) is 58.9 Å². The van der Waals surface area contributed by atoms with Crippen LogP contribution in [-0.2, 0) is 0 Å². The minimum absolute atomic E-state index is 0.0916. The third kappa shape index (κ3) is 4.59. The molecule has 0 radical (unpaired) electrons. The van der Waals surface area contributed by atoms with E-state index in [9.17, 15) is 0 Å². The third-order valence-corrected chi connectivity index (χ3v) is 8.97. The van der Waals surface area contributed by atoms with E-state index in [4.69, 9.17) is 26.3 Å². The highest BCUT2D eigenvalue weighted by Gasteiger charge is 2.37. The lowest BCUT2D eigenvalue weighted by molar-refractivity contribution is 0.215. The molecular weight excluding hydrogens is 534 g/mol. The van der Waals surface area contributed by atoms with E-state index >= 15 is 0 Å². The Hall–Kier alpha value is -3.75. The average Bonchev–Trinajstić information content (AvgIpc) is 3.73. The minimum Gasteiger partial charge on any atom is -0.496 e. The molecule has 1 atom stereocenters. The Kier molecular flexibility index (Phi) is 6.36. The molecule has 8 nitrogen and oxygen atoms in total. The van der Waals surface area contributed by atoms with Gasteiger partial charge in [-0.05, 0) is 73.0 Å². The van der Waals surface area contributed by atoms with Crippen LogP contribution in [0.4, 0.5) is 5.82 Å². The van der Waals surface area contributed by atoms with Crippen molar-refractivity contribution in [2.24, 2.45) is 5.41 Å². The molecule has 41 heavy (non-hydrogen) atoms. The number of pyridine rings is 2.